The maximum atomic E-state index is 12.2. The van der Waals surface area contributed by atoms with Gasteiger partial charge in [0.15, 0.2) is 0 Å². The summed E-state index contributed by atoms with van der Waals surface area (Å²) < 4.78 is 5.18. The average Bonchev–Trinajstić information content (AvgIpc) is 2.76. The van der Waals surface area contributed by atoms with Crippen LogP contribution in [0.1, 0.15) is 25.1 Å². The molecule has 4 nitrogen and oxygen atoms in total. The number of methoxy groups -OCH3 is 1. The van der Waals surface area contributed by atoms with Gasteiger partial charge in [-0.1, -0.05) is 12.1 Å². The quantitative estimate of drug-likeness (QED) is 0.817. The molecule has 0 spiro atoms. The Labute approximate surface area is 124 Å². The first-order chi connectivity index (χ1) is 9.67. The molecule has 2 rings (SSSR count). The maximum Gasteiger partial charge on any atom is 0.241 e. The third-order valence-corrected chi connectivity index (χ3v) is 4.25. The Morgan fingerprint density at radius 2 is 2.05 bits per heavy atom. The number of carbonyl (C=O) groups excluding carboxylic acids is 1. The van der Waals surface area contributed by atoms with E-state index in [9.17, 15) is 4.79 Å². The molecule has 2 unspecified atom stereocenters. The number of thioether (sulfide) groups is 1. The predicted octanol–water partition coefficient (Wildman–Crippen LogP) is 2.27. The topological polar surface area (TPSA) is 41.6 Å². The maximum absolute atomic E-state index is 12.2. The number of amides is 1. The van der Waals surface area contributed by atoms with Crippen molar-refractivity contribution in [3.63, 3.8) is 0 Å². The van der Waals surface area contributed by atoms with Crippen LogP contribution in [0.15, 0.2) is 24.3 Å². The SMILES string of the molecule is COc1ccc(C2NC(C)C(=O)N2CCCSC)cc1. The minimum atomic E-state index is -0.114. The number of ether oxygens (including phenoxy) is 1. The van der Waals surface area contributed by atoms with Gasteiger partial charge in [-0.25, -0.2) is 0 Å². The highest BCUT2D eigenvalue weighted by Crippen LogP contribution is 2.27. The van der Waals surface area contributed by atoms with E-state index in [0.717, 1.165) is 30.0 Å². The van der Waals surface area contributed by atoms with E-state index >= 15 is 0 Å². The fraction of sp³-hybridized carbons (Fsp3) is 0.533. The summed E-state index contributed by atoms with van der Waals surface area (Å²) >= 11 is 1.81. The van der Waals surface area contributed by atoms with Crippen LogP contribution in [0.25, 0.3) is 0 Å². The molecule has 1 fully saturated rings. The van der Waals surface area contributed by atoms with Gasteiger partial charge in [0.2, 0.25) is 5.91 Å². The smallest absolute Gasteiger partial charge is 0.241 e. The number of nitrogens with zero attached hydrogens (tertiary/aromatic N) is 1. The van der Waals surface area contributed by atoms with E-state index in [-0.39, 0.29) is 18.1 Å². The second kappa shape index (κ2) is 6.99. The van der Waals surface area contributed by atoms with Crippen LogP contribution in [0.4, 0.5) is 0 Å². The first-order valence-corrected chi connectivity index (χ1v) is 8.26. The fourth-order valence-corrected chi connectivity index (χ4v) is 2.87. The van der Waals surface area contributed by atoms with Gasteiger partial charge < -0.3 is 9.64 Å². The Bertz CT molecular complexity index is 450. The van der Waals surface area contributed by atoms with E-state index in [0.29, 0.717) is 0 Å². The Hall–Kier alpha value is -1.20. The predicted molar refractivity (Wildman–Crippen MR) is 83.0 cm³/mol. The summed E-state index contributed by atoms with van der Waals surface area (Å²) in [5.41, 5.74) is 1.10. The average molecular weight is 294 g/mol. The molecule has 20 heavy (non-hydrogen) atoms. The summed E-state index contributed by atoms with van der Waals surface area (Å²) in [6.07, 6.45) is 3.09. The van der Waals surface area contributed by atoms with Crippen LogP contribution in [-0.4, -0.2) is 42.5 Å². The molecule has 1 aromatic rings. The van der Waals surface area contributed by atoms with Crippen LogP contribution in [0.3, 0.4) is 0 Å². The van der Waals surface area contributed by atoms with Gasteiger partial charge in [-0.2, -0.15) is 11.8 Å². The zero-order valence-corrected chi connectivity index (χ0v) is 13.1. The van der Waals surface area contributed by atoms with Gasteiger partial charge in [-0.15, -0.1) is 0 Å². The molecule has 1 aliphatic heterocycles. The molecule has 1 aromatic carbocycles. The molecule has 0 aliphatic carbocycles. The summed E-state index contributed by atoms with van der Waals surface area (Å²) in [4.78, 5) is 14.2. The lowest BCUT2D eigenvalue weighted by atomic mass is 10.1. The molecule has 0 saturated carbocycles. The fourth-order valence-electron chi connectivity index (χ4n) is 2.45. The molecule has 1 N–H and O–H groups in total. The van der Waals surface area contributed by atoms with Gasteiger partial charge >= 0.3 is 0 Å². The van der Waals surface area contributed by atoms with Crippen LogP contribution in [-0.2, 0) is 4.79 Å². The Kier molecular flexibility index (Phi) is 5.31. The van der Waals surface area contributed by atoms with Crippen molar-refractivity contribution in [1.82, 2.24) is 10.2 Å². The highest BCUT2D eigenvalue weighted by atomic mass is 32.2. The highest BCUT2D eigenvalue weighted by Gasteiger charge is 2.36. The standard InChI is InChI=1S/C15H22N2O2S/c1-11-15(18)17(9-4-10-20-3)14(16-11)12-5-7-13(19-2)8-6-12/h5-8,11,14,16H,4,9-10H2,1-3H3. The van der Waals surface area contributed by atoms with Crippen LogP contribution in [0.5, 0.6) is 5.75 Å². The van der Waals surface area contributed by atoms with Gasteiger partial charge in [0, 0.05) is 6.54 Å². The van der Waals surface area contributed by atoms with Gasteiger partial charge in [-0.3, -0.25) is 10.1 Å². The first-order valence-electron chi connectivity index (χ1n) is 6.86. The molecule has 1 aliphatic rings. The van der Waals surface area contributed by atoms with Crippen molar-refractivity contribution in [3.05, 3.63) is 29.8 Å². The van der Waals surface area contributed by atoms with Crippen LogP contribution < -0.4 is 10.1 Å². The highest BCUT2D eigenvalue weighted by molar-refractivity contribution is 7.98. The van der Waals surface area contributed by atoms with Crippen molar-refractivity contribution in [2.75, 3.05) is 25.7 Å². The number of carbonyl (C=O) groups is 1. The van der Waals surface area contributed by atoms with Crippen molar-refractivity contribution >= 4 is 17.7 Å². The lowest BCUT2D eigenvalue weighted by Crippen LogP contribution is -2.31. The van der Waals surface area contributed by atoms with Crippen molar-refractivity contribution in [1.29, 1.82) is 0 Å². The molecular weight excluding hydrogens is 272 g/mol. The Balaban J connectivity index is 2.12. The number of rotatable bonds is 6. The molecule has 0 bridgehead atoms. The zero-order chi connectivity index (χ0) is 14.5. The van der Waals surface area contributed by atoms with Gasteiger partial charge in [0.1, 0.15) is 11.9 Å². The molecule has 1 amide bonds. The van der Waals surface area contributed by atoms with Gasteiger partial charge in [-0.05, 0) is 43.0 Å². The van der Waals surface area contributed by atoms with Gasteiger partial charge in [0.05, 0.1) is 13.2 Å². The van der Waals surface area contributed by atoms with Crippen molar-refractivity contribution in [2.45, 2.75) is 25.6 Å². The molecule has 2 atom stereocenters. The number of hydrogen-bond acceptors (Lipinski definition) is 4. The lowest BCUT2D eigenvalue weighted by molar-refractivity contribution is -0.129. The van der Waals surface area contributed by atoms with E-state index in [1.54, 1.807) is 7.11 Å². The summed E-state index contributed by atoms with van der Waals surface area (Å²) in [6, 6.07) is 7.79. The minimum absolute atomic E-state index is 0.0229. The van der Waals surface area contributed by atoms with Crippen LogP contribution >= 0.6 is 11.8 Å². The third kappa shape index (κ3) is 3.27. The van der Waals surface area contributed by atoms with E-state index in [2.05, 4.69) is 11.6 Å². The minimum Gasteiger partial charge on any atom is -0.497 e. The summed E-state index contributed by atoms with van der Waals surface area (Å²) in [7, 11) is 1.66. The molecule has 0 aromatic heterocycles. The second-order valence-corrected chi connectivity index (χ2v) is 5.93. The number of hydrogen-bond donors (Lipinski definition) is 1. The molecular formula is C15H22N2O2S. The van der Waals surface area contributed by atoms with Crippen molar-refractivity contribution in [3.8, 4) is 5.75 Å². The largest absolute Gasteiger partial charge is 0.497 e. The van der Waals surface area contributed by atoms with E-state index in [1.807, 2.05) is 47.9 Å². The lowest BCUT2D eigenvalue weighted by Gasteiger charge is -2.24. The molecule has 110 valence electrons. The number of nitrogens with one attached hydrogen (secondary N) is 1. The van der Waals surface area contributed by atoms with Gasteiger partial charge in [0.25, 0.3) is 0 Å². The monoisotopic (exact) mass is 294 g/mol. The Morgan fingerprint density at radius 1 is 1.35 bits per heavy atom. The van der Waals surface area contributed by atoms with E-state index in [4.69, 9.17) is 4.74 Å². The van der Waals surface area contributed by atoms with E-state index in [1.165, 1.54) is 0 Å². The summed E-state index contributed by atoms with van der Waals surface area (Å²) in [6.45, 7) is 2.72. The van der Waals surface area contributed by atoms with Crippen molar-refractivity contribution in [2.24, 2.45) is 0 Å². The molecule has 5 heteroatoms. The molecule has 1 saturated heterocycles. The zero-order valence-electron chi connectivity index (χ0n) is 12.3. The molecule has 1 heterocycles. The normalized spacial score (nSPS) is 22.4. The van der Waals surface area contributed by atoms with Crippen LogP contribution in [0.2, 0.25) is 0 Å². The second-order valence-electron chi connectivity index (χ2n) is 4.94. The summed E-state index contributed by atoms with van der Waals surface area (Å²) in [5, 5.41) is 3.36. The molecule has 0 radical (unpaired) electrons. The first kappa shape index (κ1) is 15.2. The summed E-state index contributed by atoms with van der Waals surface area (Å²) in [5.74, 6) is 2.10. The van der Waals surface area contributed by atoms with Crippen molar-refractivity contribution < 1.29 is 9.53 Å². The van der Waals surface area contributed by atoms with E-state index < -0.39 is 0 Å². The third-order valence-electron chi connectivity index (χ3n) is 3.55. The number of benzene rings is 1. The Morgan fingerprint density at radius 3 is 2.65 bits per heavy atom. The van der Waals surface area contributed by atoms with Crippen LogP contribution in [0, 0.1) is 0 Å².